The molecule has 4 aliphatic heterocycles. The average molecular weight is 796 g/mol. The van der Waals surface area contributed by atoms with E-state index in [1.54, 1.807) is 11.1 Å². The van der Waals surface area contributed by atoms with E-state index in [2.05, 4.69) is 39.9 Å². The standard InChI is InChI=1S/C43H53N7O8/c1-24(2)35(47-42(53)55-5)40(51)49-17-7-9-33(49)31-21-28(22-44-31)26-11-13-27(14-12-26)29-15-16-30(38-37(29)57-19-20-58-38)32-23-45-39(46-32)34-10-8-18-50(34)41(52)36(25(3)4)48-43(54)56-6/h11-16,22-25,33-36H,7-10,17-21H2,1-6H3,(H,45,46)(H,47,53)(H,48,54)/t33-,34-,35-,36-/m0/s1. The van der Waals surface area contributed by atoms with E-state index < -0.39 is 24.3 Å². The number of hydrogen-bond donors (Lipinski definition) is 3. The highest BCUT2D eigenvalue weighted by atomic mass is 16.6. The second-order valence-electron chi connectivity index (χ2n) is 15.8. The van der Waals surface area contributed by atoms with Crippen LogP contribution in [-0.2, 0) is 19.1 Å². The molecular formula is C43H53N7O8. The molecule has 58 heavy (non-hydrogen) atoms. The number of rotatable bonds is 11. The van der Waals surface area contributed by atoms with E-state index in [4.69, 9.17) is 28.9 Å². The minimum atomic E-state index is -0.718. The summed E-state index contributed by atoms with van der Waals surface area (Å²) in [7, 11) is 2.58. The van der Waals surface area contributed by atoms with Gasteiger partial charge in [-0.1, -0.05) is 52.0 Å². The fourth-order valence-corrected chi connectivity index (χ4v) is 8.36. The third kappa shape index (κ3) is 8.12. The lowest BCUT2D eigenvalue weighted by atomic mass is 9.95. The first-order valence-corrected chi connectivity index (χ1v) is 20.1. The predicted octanol–water partition coefficient (Wildman–Crippen LogP) is 6.12. The summed E-state index contributed by atoms with van der Waals surface area (Å²) >= 11 is 0. The molecule has 4 atom stereocenters. The van der Waals surface area contributed by atoms with E-state index in [9.17, 15) is 19.2 Å². The van der Waals surface area contributed by atoms with Crippen LogP contribution in [0.1, 0.15) is 77.2 Å². The van der Waals surface area contributed by atoms with Crippen LogP contribution >= 0.6 is 0 Å². The van der Waals surface area contributed by atoms with Crippen molar-refractivity contribution < 1.29 is 38.1 Å². The zero-order valence-corrected chi connectivity index (χ0v) is 34.0. The fraction of sp³-hybridized carbons (Fsp3) is 0.488. The summed E-state index contributed by atoms with van der Waals surface area (Å²) in [6.45, 7) is 9.60. The number of amides is 4. The van der Waals surface area contributed by atoms with Crippen LogP contribution in [0.5, 0.6) is 11.5 Å². The van der Waals surface area contributed by atoms with Crippen LogP contribution in [-0.4, -0.2) is 108 Å². The number of hydrogen-bond acceptors (Lipinski definition) is 10. The van der Waals surface area contributed by atoms with E-state index in [1.165, 1.54) is 14.2 Å². The van der Waals surface area contributed by atoms with Crippen molar-refractivity contribution >= 4 is 35.3 Å². The molecule has 4 aliphatic rings. The van der Waals surface area contributed by atoms with Crippen LogP contribution in [0, 0.1) is 11.8 Å². The van der Waals surface area contributed by atoms with Gasteiger partial charge in [-0.2, -0.15) is 0 Å². The number of ether oxygens (including phenoxy) is 4. The Morgan fingerprint density at radius 2 is 1.29 bits per heavy atom. The SMILES string of the molecule is COC(=O)N[C@H](C(=O)N1CCC[C@H]1C1=NC=C(c2ccc(-c3ccc(-c4cnc([C@@H]5CCCN5C(=O)[C@@H](NC(=O)OC)C(C)C)[nH]4)c4c3OCCO4)cc2)C1)C(C)C. The van der Waals surface area contributed by atoms with Gasteiger partial charge >= 0.3 is 12.2 Å². The van der Waals surface area contributed by atoms with Gasteiger partial charge in [-0.05, 0) is 66.4 Å². The number of nitrogens with zero attached hydrogens (tertiary/aromatic N) is 4. The second kappa shape index (κ2) is 17.3. The van der Waals surface area contributed by atoms with Crippen molar-refractivity contribution in [2.45, 2.75) is 84.0 Å². The molecule has 308 valence electrons. The van der Waals surface area contributed by atoms with Crippen LogP contribution in [0.3, 0.4) is 0 Å². The summed E-state index contributed by atoms with van der Waals surface area (Å²) in [5.41, 5.74) is 6.47. The maximum Gasteiger partial charge on any atom is 0.407 e. The number of benzene rings is 2. The Bertz CT molecular complexity index is 2090. The van der Waals surface area contributed by atoms with E-state index in [0.717, 1.165) is 64.9 Å². The number of methoxy groups -OCH3 is 2. The number of carbonyl (C=O) groups excluding carboxylic acids is 4. The number of fused-ring (bicyclic) bond motifs is 1. The fourth-order valence-electron chi connectivity index (χ4n) is 8.36. The molecule has 1 aromatic heterocycles. The molecule has 15 heteroatoms. The Labute approximate surface area is 338 Å². The summed E-state index contributed by atoms with van der Waals surface area (Å²) in [4.78, 5) is 68.0. The number of imidazole rings is 1. The van der Waals surface area contributed by atoms with Gasteiger partial charge in [0.2, 0.25) is 11.8 Å². The van der Waals surface area contributed by atoms with Gasteiger partial charge in [0.15, 0.2) is 11.5 Å². The van der Waals surface area contributed by atoms with Crippen molar-refractivity contribution in [3.63, 3.8) is 0 Å². The zero-order chi connectivity index (χ0) is 41.1. The number of carbonyl (C=O) groups is 4. The van der Waals surface area contributed by atoms with Gasteiger partial charge < -0.3 is 44.4 Å². The van der Waals surface area contributed by atoms with Crippen LogP contribution in [0.25, 0.3) is 28.0 Å². The highest BCUT2D eigenvalue weighted by Crippen LogP contribution is 2.46. The zero-order valence-electron chi connectivity index (χ0n) is 34.0. The van der Waals surface area contributed by atoms with Crippen molar-refractivity contribution in [2.24, 2.45) is 16.8 Å². The number of likely N-dealkylation sites (tertiary alicyclic amines) is 2. The van der Waals surface area contributed by atoms with Crippen molar-refractivity contribution in [3.8, 4) is 33.9 Å². The van der Waals surface area contributed by atoms with Gasteiger partial charge in [-0.3, -0.25) is 14.6 Å². The molecule has 2 saturated heterocycles. The van der Waals surface area contributed by atoms with Crippen LogP contribution < -0.4 is 20.1 Å². The van der Waals surface area contributed by atoms with E-state index in [0.29, 0.717) is 50.0 Å². The minimum Gasteiger partial charge on any atom is -0.485 e. The first kappa shape index (κ1) is 40.3. The van der Waals surface area contributed by atoms with Gasteiger partial charge in [-0.25, -0.2) is 14.6 Å². The van der Waals surface area contributed by atoms with Gasteiger partial charge in [0, 0.05) is 42.5 Å². The molecule has 5 heterocycles. The Morgan fingerprint density at radius 3 is 1.88 bits per heavy atom. The number of nitrogens with one attached hydrogen (secondary N) is 3. The largest absolute Gasteiger partial charge is 0.485 e. The predicted molar refractivity (Wildman–Crippen MR) is 217 cm³/mol. The molecule has 0 aliphatic carbocycles. The van der Waals surface area contributed by atoms with Crippen molar-refractivity contribution in [1.29, 1.82) is 0 Å². The maximum absolute atomic E-state index is 13.7. The molecule has 4 amide bonds. The molecule has 3 aromatic rings. The molecule has 15 nitrogen and oxygen atoms in total. The summed E-state index contributed by atoms with van der Waals surface area (Å²) < 4.78 is 22.1. The molecular weight excluding hydrogens is 743 g/mol. The topological polar surface area (TPSA) is 177 Å². The Balaban J connectivity index is 1.05. The average Bonchev–Trinajstić information content (AvgIpc) is 4.08. The minimum absolute atomic E-state index is 0.0999. The molecule has 0 radical (unpaired) electrons. The number of aliphatic imine (C=N–C) groups is 1. The first-order valence-electron chi connectivity index (χ1n) is 20.1. The maximum atomic E-state index is 13.7. The number of H-pyrrole nitrogens is 1. The van der Waals surface area contributed by atoms with Crippen molar-refractivity contribution in [2.75, 3.05) is 40.5 Å². The summed E-state index contributed by atoms with van der Waals surface area (Å²) in [6.07, 6.45) is 6.29. The van der Waals surface area contributed by atoms with Gasteiger partial charge in [0.1, 0.15) is 31.1 Å². The molecule has 0 unspecified atom stereocenters. The Kier molecular flexibility index (Phi) is 12.1. The lowest BCUT2D eigenvalue weighted by Crippen LogP contribution is -2.53. The normalized spacial score (nSPS) is 19.8. The molecule has 0 bridgehead atoms. The van der Waals surface area contributed by atoms with E-state index >= 15 is 0 Å². The van der Waals surface area contributed by atoms with E-state index in [1.807, 2.05) is 50.9 Å². The number of aromatic amines is 1. The summed E-state index contributed by atoms with van der Waals surface area (Å²) in [5, 5.41) is 5.41. The summed E-state index contributed by atoms with van der Waals surface area (Å²) in [5.74, 6) is 1.43. The third-order valence-electron chi connectivity index (χ3n) is 11.5. The van der Waals surface area contributed by atoms with Crippen molar-refractivity contribution in [3.05, 3.63) is 60.2 Å². The van der Waals surface area contributed by atoms with Crippen molar-refractivity contribution in [1.82, 2.24) is 30.4 Å². The molecule has 3 N–H and O–H groups in total. The Morgan fingerprint density at radius 1 is 0.759 bits per heavy atom. The van der Waals surface area contributed by atoms with Crippen LogP contribution in [0.2, 0.25) is 0 Å². The quantitative estimate of drug-likeness (QED) is 0.207. The highest BCUT2D eigenvalue weighted by molar-refractivity contribution is 6.04. The molecule has 0 spiro atoms. The third-order valence-corrected chi connectivity index (χ3v) is 11.5. The van der Waals surface area contributed by atoms with Crippen LogP contribution in [0.15, 0.2) is 53.8 Å². The molecule has 2 fully saturated rings. The number of alkyl carbamates (subject to hydrolysis) is 2. The Hall–Kier alpha value is -5.86. The number of allylic oxidation sites excluding steroid dienone is 1. The number of aromatic nitrogens is 2. The molecule has 0 saturated carbocycles. The lowest BCUT2D eigenvalue weighted by Gasteiger charge is -2.31. The monoisotopic (exact) mass is 795 g/mol. The second-order valence-corrected chi connectivity index (χ2v) is 15.8. The lowest BCUT2D eigenvalue weighted by molar-refractivity contribution is -0.135. The summed E-state index contributed by atoms with van der Waals surface area (Å²) in [6, 6.07) is 10.5. The van der Waals surface area contributed by atoms with Gasteiger partial charge in [-0.15, -0.1) is 0 Å². The smallest absolute Gasteiger partial charge is 0.407 e. The van der Waals surface area contributed by atoms with Gasteiger partial charge in [0.25, 0.3) is 0 Å². The van der Waals surface area contributed by atoms with Crippen LogP contribution in [0.4, 0.5) is 9.59 Å². The molecule has 2 aromatic carbocycles. The first-order chi connectivity index (χ1) is 28.0. The van der Waals surface area contributed by atoms with Gasteiger partial charge in [0.05, 0.1) is 38.2 Å². The van der Waals surface area contributed by atoms with E-state index in [-0.39, 0.29) is 35.7 Å². The molecule has 7 rings (SSSR count). The highest BCUT2D eigenvalue weighted by Gasteiger charge is 2.40.